The highest BCUT2D eigenvalue weighted by Gasteiger charge is 2.64. The Kier molecular flexibility index (Phi) is 2.94. The molecule has 2 N–H and O–H groups in total. The zero-order valence-corrected chi connectivity index (χ0v) is 14.3. The lowest BCUT2D eigenvalue weighted by molar-refractivity contribution is -0.0612. The van der Waals surface area contributed by atoms with Crippen molar-refractivity contribution in [2.75, 3.05) is 6.54 Å². The third kappa shape index (κ3) is 1.56. The molecule has 24 heavy (non-hydrogen) atoms. The monoisotopic (exact) mass is 327 g/mol. The summed E-state index contributed by atoms with van der Waals surface area (Å²) >= 11 is 0. The van der Waals surface area contributed by atoms with Gasteiger partial charge in [-0.2, -0.15) is 0 Å². The summed E-state index contributed by atoms with van der Waals surface area (Å²) in [6.07, 6.45) is 6.40. The first-order valence-electron chi connectivity index (χ1n) is 9.22. The van der Waals surface area contributed by atoms with E-state index in [1.165, 1.54) is 11.1 Å². The third-order valence-electron chi connectivity index (χ3n) is 7.07. The van der Waals surface area contributed by atoms with Crippen molar-refractivity contribution in [1.82, 2.24) is 4.90 Å². The lowest BCUT2D eigenvalue weighted by Crippen LogP contribution is -2.66. The van der Waals surface area contributed by atoms with Crippen molar-refractivity contribution < 1.29 is 14.9 Å². The van der Waals surface area contributed by atoms with Gasteiger partial charge >= 0.3 is 0 Å². The Balaban J connectivity index is 1.73. The fourth-order valence-corrected chi connectivity index (χ4v) is 5.87. The van der Waals surface area contributed by atoms with Crippen LogP contribution in [0.1, 0.15) is 37.8 Å². The number of hydrogen-bond donors (Lipinski definition) is 2. The standard InChI is InChI=1S/C20H25NO3/c1-3-11(2)21-9-8-20-13-5-7-16(23)19(20)24-18-15(22)6-4-12(17(18)20)10-14(13)21/h4-7,11,13-14,16,19,22-23H,3,8-10H2,1-2H3/t11-,13-,14+,16-,19-,20-/m0/s1. The summed E-state index contributed by atoms with van der Waals surface area (Å²) in [4.78, 5) is 2.66. The van der Waals surface area contributed by atoms with Crippen molar-refractivity contribution in [3.05, 3.63) is 35.4 Å². The second-order valence-electron chi connectivity index (χ2n) is 7.94. The lowest BCUT2D eigenvalue weighted by atomic mass is 9.53. The number of phenolic OH excluding ortho intramolecular Hbond substituents is 1. The van der Waals surface area contributed by atoms with Crippen LogP contribution in [-0.2, 0) is 11.8 Å². The molecule has 4 aliphatic rings. The molecule has 1 fully saturated rings. The Labute approximate surface area is 142 Å². The molecule has 128 valence electrons. The quantitative estimate of drug-likeness (QED) is 0.819. The molecule has 4 nitrogen and oxygen atoms in total. The van der Waals surface area contributed by atoms with Crippen molar-refractivity contribution in [3.8, 4) is 11.5 Å². The predicted molar refractivity (Wildman–Crippen MR) is 91.4 cm³/mol. The highest BCUT2D eigenvalue weighted by Crippen LogP contribution is 2.62. The molecule has 1 spiro atoms. The van der Waals surface area contributed by atoms with Crippen LogP contribution in [0.15, 0.2) is 24.3 Å². The molecule has 2 aliphatic carbocycles. The van der Waals surface area contributed by atoms with Crippen LogP contribution in [0.4, 0.5) is 0 Å². The number of benzene rings is 1. The van der Waals surface area contributed by atoms with Crippen LogP contribution < -0.4 is 4.74 Å². The lowest BCUT2D eigenvalue weighted by Gasteiger charge is -2.58. The number of aromatic hydroxyl groups is 1. The molecule has 0 aromatic heterocycles. The van der Waals surface area contributed by atoms with Crippen LogP contribution in [0.2, 0.25) is 0 Å². The summed E-state index contributed by atoms with van der Waals surface area (Å²) in [5, 5.41) is 20.9. The molecule has 0 radical (unpaired) electrons. The Morgan fingerprint density at radius 3 is 3.00 bits per heavy atom. The Bertz CT molecular complexity index is 730. The summed E-state index contributed by atoms with van der Waals surface area (Å²) in [6, 6.07) is 4.83. The number of likely N-dealkylation sites (tertiary alicyclic amines) is 1. The predicted octanol–water partition coefficient (Wildman–Crippen LogP) is 2.37. The minimum Gasteiger partial charge on any atom is -0.504 e. The van der Waals surface area contributed by atoms with Gasteiger partial charge in [-0.05, 0) is 44.4 Å². The molecule has 4 heteroatoms. The molecule has 6 atom stereocenters. The zero-order chi connectivity index (χ0) is 16.6. The summed E-state index contributed by atoms with van der Waals surface area (Å²) in [7, 11) is 0. The molecule has 5 rings (SSSR count). The summed E-state index contributed by atoms with van der Waals surface area (Å²) in [6.45, 7) is 5.61. The molecular weight excluding hydrogens is 302 g/mol. The number of nitrogens with zero attached hydrogens (tertiary/aromatic N) is 1. The van der Waals surface area contributed by atoms with Crippen LogP contribution in [0.25, 0.3) is 0 Å². The van der Waals surface area contributed by atoms with Crippen LogP contribution >= 0.6 is 0 Å². The first-order valence-corrected chi connectivity index (χ1v) is 9.22. The Hall–Kier alpha value is -1.52. The largest absolute Gasteiger partial charge is 0.504 e. The summed E-state index contributed by atoms with van der Waals surface area (Å²) in [5.74, 6) is 1.19. The van der Waals surface area contributed by atoms with Gasteiger partial charge in [0.15, 0.2) is 11.5 Å². The zero-order valence-electron chi connectivity index (χ0n) is 14.3. The van der Waals surface area contributed by atoms with Crippen molar-refractivity contribution >= 4 is 0 Å². The van der Waals surface area contributed by atoms with Crippen molar-refractivity contribution in [2.45, 2.75) is 62.8 Å². The van der Waals surface area contributed by atoms with E-state index in [-0.39, 0.29) is 17.3 Å². The van der Waals surface area contributed by atoms with Crippen LogP contribution in [-0.4, -0.2) is 45.9 Å². The van der Waals surface area contributed by atoms with Crippen LogP contribution in [0, 0.1) is 5.92 Å². The van der Waals surface area contributed by atoms with E-state index < -0.39 is 6.10 Å². The molecule has 1 aromatic carbocycles. The Morgan fingerprint density at radius 1 is 1.38 bits per heavy atom. The van der Waals surface area contributed by atoms with E-state index in [0.29, 0.717) is 23.8 Å². The second kappa shape index (κ2) is 4.77. The van der Waals surface area contributed by atoms with E-state index in [2.05, 4.69) is 30.9 Å². The first kappa shape index (κ1) is 14.8. The van der Waals surface area contributed by atoms with E-state index in [1.807, 2.05) is 6.08 Å². The number of rotatable bonds is 2. The molecule has 2 bridgehead atoms. The van der Waals surface area contributed by atoms with Gasteiger partial charge in [-0.3, -0.25) is 4.90 Å². The topological polar surface area (TPSA) is 52.9 Å². The fraction of sp³-hybridized carbons (Fsp3) is 0.600. The normalized spacial score (nSPS) is 40.1. The Morgan fingerprint density at radius 2 is 2.21 bits per heavy atom. The molecule has 1 aromatic rings. The van der Waals surface area contributed by atoms with E-state index in [4.69, 9.17) is 4.74 Å². The number of aliphatic hydroxyl groups is 1. The SMILES string of the molecule is CC[C@H](C)N1CC[C@]23c4c5ccc(O)c4O[C@H]2[C@@H](O)C=C[C@H]3[C@H]1C5. The third-order valence-corrected chi connectivity index (χ3v) is 7.07. The summed E-state index contributed by atoms with van der Waals surface area (Å²) in [5.41, 5.74) is 2.30. The van der Waals surface area contributed by atoms with E-state index >= 15 is 0 Å². The number of ether oxygens (including phenoxy) is 1. The van der Waals surface area contributed by atoms with Gasteiger partial charge in [0.25, 0.3) is 0 Å². The van der Waals surface area contributed by atoms with Crippen LogP contribution in [0.5, 0.6) is 11.5 Å². The molecular formula is C20H25NO3. The molecule has 2 aliphatic heterocycles. The highest BCUT2D eigenvalue weighted by atomic mass is 16.5. The fourth-order valence-electron chi connectivity index (χ4n) is 5.87. The van der Waals surface area contributed by atoms with E-state index in [9.17, 15) is 10.2 Å². The number of piperidine rings is 1. The van der Waals surface area contributed by atoms with Crippen molar-refractivity contribution in [2.24, 2.45) is 5.92 Å². The average molecular weight is 327 g/mol. The maximum Gasteiger partial charge on any atom is 0.165 e. The van der Waals surface area contributed by atoms with Gasteiger partial charge in [0.1, 0.15) is 12.2 Å². The van der Waals surface area contributed by atoms with Gasteiger partial charge < -0.3 is 14.9 Å². The smallest absolute Gasteiger partial charge is 0.165 e. The first-order chi connectivity index (χ1) is 11.6. The van der Waals surface area contributed by atoms with E-state index in [1.54, 1.807) is 6.07 Å². The van der Waals surface area contributed by atoms with Crippen LogP contribution in [0.3, 0.4) is 0 Å². The maximum atomic E-state index is 10.6. The van der Waals surface area contributed by atoms with Gasteiger partial charge in [-0.15, -0.1) is 0 Å². The maximum absolute atomic E-state index is 10.6. The highest BCUT2D eigenvalue weighted by molar-refractivity contribution is 5.61. The molecule has 1 saturated heterocycles. The van der Waals surface area contributed by atoms with Gasteiger partial charge in [-0.25, -0.2) is 0 Å². The van der Waals surface area contributed by atoms with E-state index in [0.717, 1.165) is 25.8 Å². The van der Waals surface area contributed by atoms with Gasteiger partial charge in [0.05, 0.1) is 0 Å². The number of hydrogen-bond acceptors (Lipinski definition) is 4. The average Bonchev–Trinajstić information content (AvgIpc) is 2.93. The molecule has 2 heterocycles. The minimum atomic E-state index is -0.602. The van der Waals surface area contributed by atoms with Crippen molar-refractivity contribution in [1.29, 1.82) is 0 Å². The van der Waals surface area contributed by atoms with Gasteiger partial charge in [0.2, 0.25) is 0 Å². The number of phenols is 1. The molecule has 0 amide bonds. The minimum absolute atomic E-state index is 0.176. The van der Waals surface area contributed by atoms with Gasteiger partial charge in [0, 0.05) is 29.0 Å². The van der Waals surface area contributed by atoms with Gasteiger partial charge in [-0.1, -0.05) is 25.1 Å². The summed E-state index contributed by atoms with van der Waals surface area (Å²) < 4.78 is 6.17. The molecule has 0 unspecified atom stereocenters. The van der Waals surface area contributed by atoms with Crippen molar-refractivity contribution in [3.63, 3.8) is 0 Å². The molecule has 0 saturated carbocycles. The number of aliphatic hydroxyl groups excluding tert-OH is 1. The second-order valence-corrected chi connectivity index (χ2v) is 7.94.